The van der Waals surface area contributed by atoms with E-state index >= 15 is 0 Å². The maximum absolute atomic E-state index is 12.0. The highest BCUT2D eigenvalue weighted by Crippen LogP contribution is 2.32. The predicted octanol–water partition coefficient (Wildman–Crippen LogP) is 5.15. The quantitative estimate of drug-likeness (QED) is 0.398. The van der Waals surface area contributed by atoms with Gasteiger partial charge in [-0.15, -0.1) is 0 Å². The van der Waals surface area contributed by atoms with Crippen LogP contribution in [0.1, 0.15) is 50.7 Å². The second-order valence-corrected chi connectivity index (χ2v) is 10.5. The van der Waals surface area contributed by atoms with Crippen molar-refractivity contribution in [3.63, 3.8) is 0 Å². The molecule has 0 atom stereocenters. The molecule has 2 aromatic carbocycles. The number of aromatic amines is 1. The lowest BCUT2D eigenvalue weighted by atomic mass is 10.1. The monoisotopic (exact) mass is 468 g/mol. The number of aromatic hydroxyl groups is 1. The van der Waals surface area contributed by atoms with Gasteiger partial charge < -0.3 is 10.1 Å². The Bertz CT molecular complexity index is 1240. The SMILES string of the molecule is CCC(=Nc1ccc(CN2CCCCC2)cc1)c1c(O)[nH]c2ccc(NS(=O)(=O)CC)cc12. The number of H-pyrrole nitrogens is 1. The minimum Gasteiger partial charge on any atom is -0.494 e. The van der Waals surface area contributed by atoms with Crippen LogP contribution in [0, 0.1) is 0 Å². The van der Waals surface area contributed by atoms with Gasteiger partial charge in [0.05, 0.1) is 22.7 Å². The molecular weight excluding hydrogens is 436 g/mol. The van der Waals surface area contributed by atoms with Crippen LogP contribution in [0.5, 0.6) is 5.88 Å². The van der Waals surface area contributed by atoms with Crippen molar-refractivity contribution in [2.75, 3.05) is 23.6 Å². The van der Waals surface area contributed by atoms with Crippen molar-refractivity contribution in [2.45, 2.75) is 46.1 Å². The van der Waals surface area contributed by atoms with Gasteiger partial charge in [-0.25, -0.2) is 8.42 Å². The van der Waals surface area contributed by atoms with Crippen LogP contribution < -0.4 is 4.72 Å². The summed E-state index contributed by atoms with van der Waals surface area (Å²) in [4.78, 5) is 10.3. The third-order valence-electron chi connectivity index (χ3n) is 6.11. The Morgan fingerprint density at radius 1 is 1.09 bits per heavy atom. The van der Waals surface area contributed by atoms with Crippen molar-refractivity contribution in [2.24, 2.45) is 4.99 Å². The molecule has 3 aromatic rings. The zero-order valence-corrected chi connectivity index (χ0v) is 20.1. The molecule has 0 bridgehead atoms. The molecule has 1 aliphatic heterocycles. The third kappa shape index (κ3) is 5.57. The molecule has 1 fully saturated rings. The van der Waals surface area contributed by atoms with E-state index in [1.165, 1.54) is 24.8 Å². The lowest BCUT2D eigenvalue weighted by Crippen LogP contribution is -2.28. The van der Waals surface area contributed by atoms with Crippen molar-refractivity contribution >= 4 is 38.0 Å². The van der Waals surface area contributed by atoms with Gasteiger partial charge in [-0.05, 0) is 75.2 Å². The smallest absolute Gasteiger partial charge is 0.232 e. The van der Waals surface area contributed by atoms with Gasteiger partial charge in [0.25, 0.3) is 0 Å². The number of rotatable bonds is 8. The number of aliphatic imine (C=N–C) groups is 1. The summed E-state index contributed by atoms with van der Waals surface area (Å²) in [6.45, 7) is 6.87. The second-order valence-electron chi connectivity index (χ2n) is 8.53. The minimum atomic E-state index is -3.39. The minimum absolute atomic E-state index is 0.00823. The van der Waals surface area contributed by atoms with E-state index in [1.54, 1.807) is 25.1 Å². The van der Waals surface area contributed by atoms with Gasteiger partial charge in [0.15, 0.2) is 5.88 Å². The molecule has 4 rings (SSSR count). The van der Waals surface area contributed by atoms with Gasteiger partial charge in [0.1, 0.15) is 0 Å². The molecule has 0 unspecified atom stereocenters. The number of piperidine rings is 1. The van der Waals surface area contributed by atoms with E-state index in [2.05, 4.69) is 26.7 Å². The number of likely N-dealkylation sites (tertiary alicyclic amines) is 1. The molecule has 0 radical (unpaired) electrons. The highest BCUT2D eigenvalue weighted by Gasteiger charge is 2.17. The average Bonchev–Trinajstić information content (AvgIpc) is 3.14. The molecule has 176 valence electrons. The Hall–Kier alpha value is -2.84. The van der Waals surface area contributed by atoms with E-state index in [4.69, 9.17) is 4.99 Å². The Kier molecular flexibility index (Phi) is 7.05. The molecule has 1 saturated heterocycles. The molecule has 0 spiro atoms. The van der Waals surface area contributed by atoms with Crippen LogP contribution in [-0.4, -0.2) is 48.0 Å². The van der Waals surface area contributed by atoms with E-state index in [0.29, 0.717) is 17.7 Å². The number of fused-ring (bicyclic) bond motifs is 1. The first-order valence-electron chi connectivity index (χ1n) is 11.6. The zero-order valence-electron chi connectivity index (χ0n) is 19.3. The Morgan fingerprint density at radius 2 is 1.82 bits per heavy atom. The van der Waals surface area contributed by atoms with E-state index < -0.39 is 10.0 Å². The summed E-state index contributed by atoms with van der Waals surface area (Å²) in [5, 5.41) is 11.4. The number of hydrogen-bond acceptors (Lipinski definition) is 5. The van der Waals surface area contributed by atoms with Crippen LogP contribution in [0.4, 0.5) is 11.4 Å². The van der Waals surface area contributed by atoms with Crippen molar-refractivity contribution < 1.29 is 13.5 Å². The molecule has 8 heteroatoms. The zero-order chi connectivity index (χ0) is 23.4. The van der Waals surface area contributed by atoms with Gasteiger partial charge in [-0.3, -0.25) is 14.6 Å². The standard InChI is InChI=1S/C25H32N4O3S/c1-3-22(26-19-10-8-18(9-11-19)17-29-14-6-5-7-15-29)24-21-16-20(28-33(31,32)4-2)12-13-23(21)27-25(24)30/h8-13,16,27-28,30H,3-7,14-15,17H2,1-2H3. The second kappa shape index (κ2) is 9.97. The number of nitrogens with one attached hydrogen (secondary N) is 2. The Balaban J connectivity index is 1.62. The van der Waals surface area contributed by atoms with Crippen molar-refractivity contribution in [1.82, 2.24) is 9.88 Å². The summed E-state index contributed by atoms with van der Waals surface area (Å²) in [5.74, 6) is 0.0222. The fourth-order valence-electron chi connectivity index (χ4n) is 4.30. The fraction of sp³-hybridized carbons (Fsp3) is 0.400. The lowest BCUT2D eigenvalue weighted by molar-refractivity contribution is 0.221. The van der Waals surface area contributed by atoms with Gasteiger partial charge in [0, 0.05) is 23.1 Å². The molecule has 2 heterocycles. The average molecular weight is 469 g/mol. The van der Waals surface area contributed by atoms with E-state index in [-0.39, 0.29) is 11.6 Å². The third-order valence-corrected chi connectivity index (χ3v) is 7.42. The maximum atomic E-state index is 12.0. The van der Waals surface area contributed by atoms with Gasteiger partial charge >= 0.3 is 0 Å². The molecule has 3 N–H and O–H groups in total. The van der Waals surface area contributed by atoms with Crippen molar-refractivity contribution in [1.29, 1.82) is 0 Å². The number of aromatic nitrogens is 1. The van der Waals surface area contributed by atoms with Crippen LogP contribution in [0.25, 0.3) is 10.9 Å². The lowest BCUT2D eigenvalue weighted by Gasteiger charge is -2.26. The van der Waals surface area contributed by atoms with Crippen LogP contribution in [0.3, 0.4) is 0 Å². The molecule has 0 saturated carbocycles. The van der Waals surface area contributed by atoms with Gasteiger partial charge in [-0.2, -0.15) is 0 Å². The highest BCUT2D eigenvalue weighted by molar-refractivity contribution is 7.92. The number of nitrogens with zero attached hydrogens (tertiary/aromatic N) is 2. The Morgan fingerprint density at radius 3 is 2.48 bits per heavy atom. The van der Waals surface area contributed by atoms with Crippen molar-refractivity contribution in [3.05, 3.63) is 53.6 Å². The predicted molar refractivity (Wildman–Crippen MR) is 135 cm³/mol. The summed E-state index contributed by atoms with van der Waals surface area (Å²) in [6, 6.07) is 13.4. The first-order valence-corrected chi connectivity index (χ1v) is 13.3. The van der Waals surface area contributed by atoms with E-state index in [9.17, 15) is 13.5 Å². The number of hydrogen-bond donors (Lipinski definition) is 3. The highest BCUT2D eigenvalue weighted by atomic mass is 32.2. The summed E-state index contributed by atoms with van der Waals surface area (Å²) in [7, 11) is -3.39. The normalized spacial score (nSPS) is 15.8. The molecule has 1 aliphatic rings. The first-order chi connectivity index (χ1) is 15.9. The molecular formula is C25H32N4O3S. The number of sulfonamides is 1. The topological polar surface area (TPSA) is 97.8 Å². The molecule has 1 aromatic heterocycles. The van der Waals surface area contributed by atoms with Crippen LogP contribution in [0.2, 0.25) is 0 Å². The van der Waals surface area contributed by atoms with Crippen molar-refractivity contribution in [3.8, 4) is 5.88 Å². The van der Waals surface area contributed by atoms with Gasteiger partial charge in [-0.1, -0.05) is 25.5 Å². The molecule has 0 amide bonds. The largest absolute Gasteiger partial charge is 0.494 e. The molecule has 7 nitrogen and oxygen atoms in total. The number of benzene rings is 2. The van der Waals surface area contributed by atoms with Crippen LogP contribution in [0.15, 0.2) is 47.5 Å². The van der Waals surface area contributed by atoms with E-state index in [1.807, 2.05) is 19.1 Å². The van der Waals surface area contributed by atoms with Crippen LogP contribution in [-0.2, 0) is 16.6 Å². The fourth-order valence-corrected chi connectivity index (χ4v) is 4.93. The summed E-state index contributed by atoms with van der Waals surface area (Å²) in [6.07, 6.45) is 4.49. The Labute approximate surface area is 195 Å². The summed E-state index contributed by atoms with van der Waals surface area (Å²) >= 11 is 0. The van der Waals surface area contributed by atoms with Gasteiger partial charge in [0.2, 0.25) is 10.0 Å². The summed E-state index contributed by atoms with van der Waals surface area (Å²) < 4.78 is 26.5. The van der Waals surface area contributed by atoms with E-state index in [0.717, 1.165) is 41.9 Å². The molecule has 0 aliphatic carbocycles. The maximum Gasteiger partial charge on any atom is 0.232 e. The summed E-state index contributed by atoms with van der Waals surface area (Å²) in [5.41, 5.74) is 4.62. The van der Waals surface area contributed by atoms with Crippen LogP contribution >= 0.6 is 0 Å². The molecule has 33 heavy (non-hydrogen) atoms. The number of anilines is 1. The first kappa shape index (κ1) is 23.3.